The number of ether oxygens (including phenoxy) is 1. The standard InChI is InChI=1S/C10H10F3NO2/c11-10(12,13)14-9(15)7-16-6-8-4-2-1-3-5-8/h1-5H,6-7H2,(H,14,15). The van der Waals surface area contributed by atoms with Gasteiger partial charge in [0.25, 0.3) is 5.91 Å². The van der Waals surface area contributed by atoms with E-state index in [1.165, 1.54) is 0 Å². The fourth-order valence-electron chi connectivity index (χ4n) is 1.03. The number of carbonyl (C=O) groups excluding carboxylic acids is 1. The number of hydrogen-bond acceptors (Lipinski definition) is 2. The average molecular weight is 233 g/mol. The number of nitrogens with one attached hydrogen (secondary N) is 1. The summed E-state index contributed by atoms with van der Waals surface area (Å²) in [4.78, 5) is 10.7. The highest BCUT2D eigenvalue weighted by Crippen LogP contribution is 2.09. The Morgan fingerprint density at radius 2 is 1.88 bits per heavy atom. The Kier molecular flexibility index (Phi) is 4.30. The third kappa shape index (κ3) is 5.35. The van der Waals surface area contributed by atoms with E-state index in [4.69, 9.17) is 4.74 Å². The molecule has 1 N–H and O–H groups in total. The summed E-state index contributed by atoms with van der Waals surface area (Å²) < 4.78 is 39.8. The lowest BCUT2D eigenvalue weighted by atomic mass is 10.2. The van der Waals surface area contributed by atoms with Crippen LogP contribution in [-0.4, -0.2) is 18.8 Å². The molecule has 0 saturated carbocycles. The highest BCUT2D eigenvalue weighted by Gasteiger charge is 2.29. The summed E-state index contributed by atoms with van der Waals surface area (Å²) in [6, 6.07) is 8.85. The van der Waals surface area contributed by atoms with Gasteiger partial charge in [-0.3, -0.25) is 10.1 Å². The summed E-state index contributed by atoms with van der Waals surface area (Å²) in [6.07, 6.45) is -4.70. The van der Waals surface area contributed by atoms with Crippen molar-refractivity contribution in [3.63, 3.8) is 0 Å². The molecule has 0 aliphatic heterocycles. The summed E-state index contributed by atoms with van der Waals surface area (Å²) in [5.41, 5.74) is 0.794. The van der Waals surface area contributed by atoms with Gasteiger partial charge in [0, 0.05) is 0 Å². The normalized spacial score (nSPS) is 11.2. The fraction of sp³-hybridized carbons (Fsp3) is 0.300. The molecule has 16 heavy (non-hydrogen) atoms. The van der Waals surface area contributed by atoms with Crippen LogP contribution in [0.1, 0.15) is 5.56 Å². The van der Waals surface area contributed by atoms with Crippen molar-refractivity contribution in [1.29, 1.82) is 0 Å². The molecule has 0 radical (unpaired) electrons. The lowest BCUT2D eigenvalue weighted by Crippen LogP contribution is -2.39. The molecule has 0 heterocycles. The molecule has 0 aliphatic carbocycles. The monoisotopic (exact) mass is 233 g/mol. The zero-order valence-electron chi connectivity index (χ0n) is 8.25. The van der Waals surface area contributed by atoms with E-state index in [0.29, 0.717) is 0 Å². The zero-order chi connectivity index (χ0) is 12.0. The van der Waals surface area contributed by atoms with Gasteiger partial charge in [0.2, 0.25) is 0 Å². The van der Waals surface area contributed by atoms with E-state index in [0.717, 1.165) is 10.9 Å². The minimum atomic E-state index is -4.70. The van der Waals surface area contributed by atoms with E-state index in [1.807, 2.05) is 0 Å². The van der Waals surface area contributed by atoms with Crippen LogP contribution >= 0.6 is 0 Å². The molecule has 0 unspecified atom stereocenters. The molecule has 1 rings (SSSR count). The molecular formula is C10H10F3NO2. The average Bonchev–Trinajstić information content (AvgIpc) is 2.16. The molecule has 0 aromatic heterocycles. The summed E-state index contributed by atoms with van der Waals surface area (Å²) in [5.74, 6) is -1.21. The minimum absolute atomic E-state index is 0.103. The van der Waals surface area contributed by atoms with Crippen molar-refractivity contribution in [3.8, 4) is 0 Å². The van der Waals surface area contributed by atoms with E-state index in [9.17, 15) is 18.0 Å². The predicted molar refractivity (Wildman–Crippen MR) is 50.3 cm³/mol. The first-order valence-electron chi connectivity index (χ1n) is 4.47. The lowest BCUT2D eigenvalue weighted by molar-refractivity contribution is -0.172. The molecule has 1 amide bonds. The highest BCUT2D eigenvalue weighted by atomic mass is 19.4. The molecule has 3 nitrogen and oxygen atoms in total. The van der Waals surface area contributed by atoms with Crippen LogP contribution in [0.4, 0.5) is 13.2 Å². The second-order valence-electron chi connectivity index (χ2n) is 3.02. The molecule has 88 valence electrons. The van der Waals surface area contributed by atoms with Gasteiger partial charge in [-0.2, -0.15) is 13.2 Å². The molecule has 1 aromatic rings. The third-order valence-corrected chi connectivity index (χ3v) is 1.63. The van der Waals surface area contributed by atoms with Crippen LogP contribution in [0.25, 0.3) is 0 Å². The Morgan fingerprint density at radius 3 is 2.44 bits per heavy atom. The SMILES string of the molecule is O=C(COCc1ccccc1)NC(F)(F)F. The molecule has 0 aliphatic rings. The van der Waals surface area contributed by atoms with Crippen LogP contribution in [-0.2, 0) is 16.1 Å². The summed E-state index contributed by atoms with van der Waals surface area (Å²) in [5, 5.41) is 0.841. The van der Waals surface area contributed by atoms with Gasteiger partial charge in [0.05, 0.1) is 6.61 Å². The smallest absolute Gasteiger partial charge is 0.367 e. The van der Waals surface area contributed by atoms with Crippen LogP contribution in [0.2, 0.25) is 0 Å². The second kappa shape index (κ2) is 5.50. The molecule has 6 heteroatoms. The van der Waals surface area contributed by atoms with Gasteiger partial charge >= 0.3 is 6.30 Å². The molecule has 0 fully saturated rings. The molecule has 0 atom stereocenters. The van der Waals surface area contributed by atoms with E-state index in [1.54, 1.807) is 30.3 Å². The quantitative estimate of drug-likeness (QED) is 0.806. The van der Waals surface area contributed by atoms with Gasteiger partial charge in [-0.15, -0.1) is 0 Å². The topological polar surface area (TPSA) is 38.3 Å². The largest absolute Gasteiger partial charge is 0.484 e. The Morgan fingerprint density at radius 1 is 1.25 bits per heavy atom. The molecular weight excluding hydrogens is 223 g/mol. The van der Waals surface area contributed by atoms with Gasteiger partial charge in [-0.1, -0.05) is 30.3 Å². The number of alkyl halides is 3. The highest BCUT2D eigenvalue weighted by molar-refractivity contribution is 5.77. The molecule has 0 bridgehead atoms. The van der Waals surface area contributed by atoms with Crippen molar-refractivity contribution in [3.05, 3.63) is 35.9 Å². The number of amides is 1. The Labute approximate surface area is 90.2 Å². The van der Waals surface area contributed by atoms with Gasteiger partial charge in [0.1, 0.15) is 6.61 Å². The van der Waals surface area contributed by atoms with Crippen molar-refractivity contribution in [2.24, 2.45) is 0 Å². The van der Waals surface area contributed by atoms with Gasteiger partial charge < -0.3 is 4.74 Å². The summed E-state index contributed by atoms with van der Waals surface area (Å²) >= 11 is 0. The Hall–Kier alpha value is -1.56. The first-order chi connectivity index (χ1) is 7.47. The maximum atomic E-state index is 11.7. The Balaban J connectivity index is 2.24. The van der Waals surface area contributed by atoms with E-state index < -0.39 is 18.8 Å². The van der Waals surface area contributed by atoms with Crippen molar-refractivity contribution >= 4 is 5.91 Å². The zero-order valence-corrected chi connectivity index (χ0v) is 8.25. The van der Waals surface area contributed by atoms with E-state index in [2.05, 4.69) is 0 Å². The summed E-state index contributed by atoms with van der Waals surface area (Å²) in [7, 11) is 0. The van der Waals surface area contributed by atoms with E-state index >= 15 is 0 Å². The van der Waals surface area contributed by atoms with Gasteiger partial charge in [-0.05, 0) is 5.56 Å². The minimum Gasteiger partial charge on any atom is -0.367 e. The van der Waals surface area contributed by atoms with Crippen LogP contribution in [0.15, 0.2) is 30.3 Å². The number of halogens is 3. The van der Waals surface area contributed by atoms with E-state index in [-0.39, 0.29) is 6.61 Å². The maximum absolute atomic E-state index is 11.7. The molecule has 0 spiro atoms. The lowest BCUT2D eigenvalue weighted by Gasteiger charge is -2.08. The van der Waals surface area contributed by atoms with Crippen LogP contribution in [0, 0.1) is 0 Å². The van der Waals surface area contributed by atoms with Crippen molar-refractivity contribution in [2.75, 3.05) is 6.61 Å². The van der Waals surface area contributed by atoms with Crippen LogP contribution in [0.3, 0.4) is 0 Å². The number of rotatable bonds is 4. The predicted octanol–water partition coefficient (Wildman–Crippen LogP) is 1.84. The molecule has 1 aromatic carbocycles. The third-order valence-electron chi connectivity index (χ3n) is 1.63. The van der Waals surface area contributed by atoms with Gasteiger partial charge in [-0.25, -0.2) is 0 Å². The van der Waals surface area contributed by atoms with Crippen LogP contribution < -0.4 is 5.32 Å². The molecule has 0 saturated heterocycles. The maximum Gasteiger partial charge on any atom is 0.484 e. The van der Waals surface area contributed by atoms with Gasteiger partial charge in [0.15, 0.2) is 0 Å². The summed E-state index contributed by atoms with van der Waals surface area (Å²) in [6.45, 7) is -0.513. The van der Waals surface area contributed by atoms with Crippen molar-refractivity contribution < 1.29 is 22.7 Å². The first-order valence-corrected chi connectivity index (χ1v) is 4.47. The van der Waals surface area contributed by atoms with Crippen molar-refractivity contribution in [1.82, 2.24) is 5.32 Å². The number of hydrogen-bond donors (Lipinski definition) is 1. The van der Waals surface area contributed by atoms with Crippen molar-refractivity contribution in [2.45, 2.75) is 12.9 Å². The first kappa shape index (κ1) is 12.5. The Bertz CT molecular complexity index is 338. The number of benzene rings is 1. The second-order valence-corrected chi connectivity index (χ2v) is 3.02. The van der Waals surface area contributed by atoms with Crippen LogP contribution in [0.5, 0.6) is 0 Å². The fourth-order valence-corrected chi connectivity index (χ4v) is 1.03. The number of carbonyl (C=O) groups is 1.